The van der Waals surface area contributed by atoms with Crippen molar-refractivity contribution in [2.45, 2.75) is 26.2 Å². The third-order valence-corrected chi connectivity index (χ3v) is 2.58. The van der Waals surface area contributed by atoms with Crippen LogP contribution in [0.4, 0.5) is 0 Å². The Morgan fingerprint density at radius 3 is 3.00 bits per heavy atom. The van der Waals surface area contributed by atoms with Crippen LogP contribution in [0.25, 0.3) is 11.0 Å². The fourth-order valence-electron chi connectivity index (χ4n) is 1.81. The number of aromatic amines is 1. The van der Waals surface area contributed by atoms with E-state index in [4.69, 9.17) is 5.73 Å². The lowest BCUT2D eigenvalue weighted by molar-refractivity contribution is 0.745. The topological polar surface area (TPSA) is 54.7 Å². The van der Waals surface area contributed by atoms with Crippen LogP contribution in [0.15, 0.2) is 18.2 Å². The number of hydrogen-bond donors (Lipinski definition) is 2. The van der Waals surface area contributed by atoms with Gasteiger partial charge in [-0.1, -0.05) is 6.07 Å². The largest absolute Gasteiger partial charge is 0.342 e. The second kappa shape index (κ2) is 4.45. The maximum absolute atomic E-state index is 5.47. The molecule has 0 bridgehead atoms. The molecule has 0 radical (unpaired) electrons. The van der Waals surface area contributed by atoms with Gasteiger partial charge in [0.1, 0.15) is 5.82 Å². The first kappa shape index (κ1) is 10.2. The summed E-state index contributed by atoms with van der Waals surface area (Å²) < 4.78 is 0. The van der Waals surface area contributed by atoms with Crippen molar-refractivity contribution in [3.63, 3.8) is 0 Å². The Hall–Kier alpha value is -1.35. The number of nitrogens with one attached hydrogen (secondary N) is 1. The number of unbranched alkanes of at least 4 members (excludes halogenated alkanes) is 1. The smallest absolute Gasteiger partial charge is 0.104 e. The van der Waals surface area contributed by atoms with Gasteiger partial charge in [0.2, 0.25) is 0 Å². The van der Waals surface area contributed by atoms with Crippen LogP contribution >= 0.6 is 0 Å². The molecule has 0 saturated heterocycles. The molecule has 15 heavy (non-hydrogen) atoms. The van der Waals surface area contributed by atoms with Crippen molar-refractivity contribution in [2.75, 3.05) is 6.54 Å². The number of fused-ring (bicyclic) bond motifs is 1. The van der Waals surface area contributed by atoms with E-state index in [2.05, 4.69) is 28.2 Å². The molecule has 0 spiro atoms. The number of benzene rings is 1. The third-order valence-electron chi connectivity index (χ3n) is 2.58. The normalized spacial score (nSPS) is 11.1. The summed E-state index contributed by atoms with van der Waals surface area (Å²) in [4.78, 5) is 7.63. The molecule has 0 unspecified atom stereocenters. The first-order chi connectivity index (χ1) is 7.29. The van der Waals surface area contributed by atoms with Gasteiger partial charge in [-0.3, -0.25) is 0 Å². The lowest BCUT2D eigenvalue weighted by atomic mass is 10.1. The molecule has 2 rings (SSSR count). The average molecular weight is 203 g/mol. The molecule has 3 heteroatoms. The minimum atomic E-state index is 0.783. The van der Waals surface area contributed by atoms with Crippen LogP contribution in [0.5, 0.6) is 0 Å². The van der Waals surface area contributed by atoms with Crippen LogP contribution in [0.3, 0.4) is 0 Å². The lowest BCUT2D eigenvalue weighted by Crippen LogP contribution is -1.98. The van der Waals surface area contributed by atoms with Crippen molar-refractivity contribution in [1.29, 1.82) is 0 Å². The van der Waals surface area contributed by atoms with Crippen molar-refractivity contribution in [3.05, 3.63) is 29.6 Å². The number of H-pyrrole nitrogens is 1. The predicted molar refractivity (Wildman–Crippen MR) is 62.8 cm³/mol. The maximum Gasteiger partial charge on any atom is 0.104 e. The maximum atomic E-state index is 5.47. The molecule has 0 aliphatic rings. The van der Waals surface area contributed by atoms with Crippen LogP contribution in [0.1, 0.15) is 24.2 Å². The second-order valence-electron chi connectivity index (χ2n) is 3.92. The Morgan fingerprint density at radius 2 is 2.20 bits per heavy atom. The number of nitrogens with zero attached hydrogens (tertiary/aromatic N) is 1. The van der Waals surface area contributed by atoms with E-state index in [1.807, 2.05) is 6.92 Å². The summed E-state index contributed by atoms with van der Waals surface area (Å²) in [6.07, 6.45) is 3.36. The van der Waals surface area contributed by atoms with Gasteiger partial charge in [-0.25, -0.2) is 4.98 Å². The van der Waals surface area contributed by atoms with E-state index in [1.54, 1.807) is 0 Å². The quantitative estimate of drug-likeness (QED) is 0.748. The van der Waals surface area contributed by atoms with E-state index in [1.165, 1.54) is 5.56 Å². The molecule has 0 fully saturated rings. The number of imidazole rings is 1. The summed E-state index contributed by atoms with van der Waals surface area (Å²) in [5.74, 6) is 0.976. The van der Waals surface area contributed by atoms with Gasteiger partial charge in [-0.15, -0.1) is 0 Å². The van der Waals surface area contributed by atoms with Gasteiger partial charge in [0.05, 0.1) is 11.0 Å². The highest BCUT2D eigenvalue weighted by atomic mass is 14.9. The summed E-state index contributed by atoms with van der Waals surface area (Å²) in [6.45, 7) is 2.76. The van der Waals surface area contributed by atoms with Gasteiger partial charge < -0.3 is 10.7 Å². The Labute approximate surface area is 89.7 Å². The average Bonchev–Trinajstić information content (AvgIpc) is 2.57. The van der Waals surface area contributed by atoms with Crippen LogP contribution in [-0.2, 0) is 6.42 Å². The molecular weight excluding hydrogens is 186 g/mol. The third kappa shape index (κ3) is 2.36. The van der Waals surface area contributed by atoms with E-state index in [0.717, 1.165) is 42.7 Å². The zero-order chi connectivity index (χ0) is 10.7. The standard InChI is InChI=1S/C12H17N3/c1-9-14-11-6-5-10(4-2-3-7-13)8-12(11)15-9/h5-6,8H,2-4,7,13H2,1H3,(H,14,15). The number of rotatable bonds is 4. The zero-order valence-electron chi connectivity index (χ0n) is 9.09. The number of aromatic nitrogens is 2. The van der Waals surface area contributed by atoms with E-state index in [9.17, 15) is 0 Å². The molecule has 1 heterocycles. The zero-order valence-corrected chi connectivity index (χ0v) is 9.09. The second-order valence-corrected chi connectivity index (χ2v) is 3.92. The minimum Gasteiger partial charge on any atom is -0.342 e. The van der Waals surface area contributed by atoms with E-state index >= 15 is 0 Å². The molecule has 0 saturated carbocycles. The molecule has 3 N–H and O–H groups in total. The highest BCUT2D eigenvalue weighted by Gasteiger charge is 2.00. The Morgan fingerprint density at radius 1 is 1.33 bits per heavy atom. The van der Waals surface area contributed by atoms with E-state index < -0.39 is 0 Å². The summed E-state index contributed by atoms with van der Waals surface area (Å²) in [5, 5.41) is 0. The molecule has 1 aromatic carbocycles. The highest BCUT2D eigenvalue weighted by Crippen LogP contribution is 2.14. The first-order valence-corrected chi connectivity index (χ1v) is 5.45. The monoisotopic (exact) mass is 203 g/mol. The van der Waals surface area contributed by atoms with Gasteiger partial charge in [-0.05, 0) is 50.4 Å². The molecule has 0 aliphatic heterocycles. The molecule has 0 aliphatic carbocycles. The van der Waals surface area contributed by atoms with Gasteiger partial charge in [0.15, 0.2) is 0 Å². The van der Waals surface area contributed by atoms with Crippen LogP contribution in [0.2, 0.25) is 0 Å². The first-order valence-electron chi connectivity index (χ1n) is 5.45. The van der Waals surface area contributed by atoms with Crippen molar-refractivity contribution in [3.8, 4) is 0 Å². The van der Waals surface area contributed by atoms with E-state index in [0.29, 0.717) is 0 Å². The lowest BCUT2D eigenvalue weighted by Gasteiger charge is -1.99. The van der Waals surface area contributed by atoms with Crippen LogP contribution in [-0.4, -0.2) is 16.5 Å². The summed E-state index contributed by atoms with van der Waals surface area (Å²) in [7, 11) is 0. The van der Waals surface area contributed by atoms with Crippen molar-refractivity contribution >= 4 is 11.0 Å². The van der Waals surface area contributed by atoms with E-state index in [-0.39, 0.29) is 0 Å². The molecule has 3 nitrogen and oxygen atoms in total. The van der Waals surface area contributed by atoms with Crippen molar-refractivity contribution < 1.29 is 0 Å². The molecule has 2 aromatic rings. The Balaban J connectivity index is 2.15. The van der Waals surface area contributed by atoms with Gasteiger partial charge in [0.25, 0.3) is 0 Å². The highest BCUT2D eigenvalue weighted by molar-refractivity contribution is 5.75. The van der Waals surface area contributed by atoms with Gasteiger partial charge in [-0.2, -0.15) is 0 Å². The van der Waals surface area contributed by atoms with Crippen LogP contribution < -0.4 is 5.73 Å². The fraction of sp³-hybridized carbons (Fsp3) is 0.417. The fourth-order valence-corrected chi connectivity index (χ4v) is 1.81. The number of nitrogens with two attached hydrogens (primary N) is 1. The molecule has 1 aromatic heterocycles. The SMILES string of the molecule is Cc1nc2ccc(CCCCN)cc2[nH]1. The van der Waals surface area contributed by atoms with Gasteiger partial charge in [0, 0.05) is 0 Å². The molecule has 80 valence electrons. The summed E-state index contributed by atoms with van der Waals surface area (Å²) in [6, 6.07) is 6.42. The van der Waals surface area contributed by atoms with Crippen molar-refractivity contribution in [2.24, 2.45) is 5.73 Å². The molecular formula is C12H17N3. The predicted octanol–water partition coefficient (Wildman–Crippen LogP) is 2.15. The van der Waals surface area contributed by atoms with Crippen LogP contribution in [0, 0.1) is 6.92 Å². The number of aryl methyl sites for hydroxylation is 2. The Bertz CT molecular complexity index is 445. The number of hydrogen-bond acceptors (Lipinski definition) is 2. The molecule has 0 atom stereocenters. The van der Waals surface area contributed by atoms with Crippen molar-refractivity contribution in [1.82, 2.24) is 9.97 Å². The Kier molecular flexibility index (Phi) is 3.02. The summed E-state index contributed by atoms with van der Waals surface area (Å²) >= 11 is 0. The minimum absolute atomic E-state index is 0.783. The molecule has 0 amide bonds. The van der Waals surface area contributed by atoms with Gasteiger partial charge >= 0.3 is 0 Å². The summed E-state index contributed by atoms with van der Waals surface area (Å²) in [5.41, 5.74) is 9.02.